The smallest absolute Gasteiger partial charge is 0.312 e. The van der Waals surface area contributed by atoms with Gasteiger partial charge in [-0.1, -0.05) is 53.5 Å². The number of halogens is 6. The number of carbonyl (C=O) groups excluding carboxylic acids is 2. The summed E-state index contributed by atoms with van der Waals surface area (Å²) in [5.41, 5.74) is 4.51. The summed E-state index contributed by atoms with van der Waals surface area (Å²) >= 11 is 18.6. The summed E-state index contributed by atoms with van der Waals surface area (Å²) in [5.74, 6) is -4.72. The largest absolute Gasteiger partial charge is 0.495 e. The van der Waals surface area contributed by atoms with Crippen LogP contribution in [0.5, 0.6) is 0 Å². The van der Waals surface area contributed by atoms with E-state index in [0.29, 0.717) is 5.75 Å². The highest BCUT2D eigenvalue weighted by Crippen LogP contribution is 2.37. The number of rotatable bonds is 7. The molecule has 26 heavy (non-hydrogen) atoms. The normalized spacial score (nSPS) is 14.4. The molecule has 0 aliphatic heterocycles. The first-order valence-electron chi connectivity index (χ1n) is 6.78. The Kier molecular flexibility index (Phi) is 8.34. The molecule has 1 rings (SSSR count). The molecule has 12 heteroatoms. The first-order valence-corrected chi connectivity index (χ1v) is 9.23. The van der Waals surface area contributed by atoms with Gasteiger partial charge in [-0.15, -0.1) is 11.6 Å². The average Bonchev–Trinajstić information content (AvgIpc) is 2.58. The number of hydrogen-bond donors (Lipinski definition) is 1. The van der Waals surface area contributed by atoms with Crippen LogP contribution in [-0.2, 0) is 25.1 Å². The van der Waals surface area contributed by atoms with Crippen LogP contribution in [0.2, 0.25) is 0 Å². The molecule has 5 nitrogen and oxygen atoms in total. The van der Waals surface area contributed by atoms with Crippen molar-refractivity contribution in [1.82, 2.24) is 0 Å². The molecular formula is C14H13Cl3F3NO4S. The molecule has 1 aromatic carbocycles. The second-order valence-corrected chi connectivity index (χ2v) is 7.76. The minimum Gasteiger partial charge on any atom is -0.312 e. The molecule has 0 aliphatic carbocycles. The second kappa shape index (κ2) is 9.36. The summed E-state index contributed by atoms with van der Waals surface area (Å²) < 4.78 is 34.2. The third kappa shape index (κ3) is 6.09. The summed E-state index contributed by atoms with van der Waals surface area (Å²) in [5, 5.41) is 0. The average molecular weight is 455 g/mol. The van der Waals surface area contributed by atoms with Crippen LogP contribution >= 0.6 is 46.6 Å². The van der Waals surface area contributed by atoms with Crippen molar-refractivity contribution in [3.8, 4) is 0 Å². The third-order valence-corrected chi connectivity index (χ3v) is 5.86. The van der Waals surface area contributed by atoms with Crippen LogP contribution in [0.15, 0.2) is 30.3 Å². The Morgan fingerprint density at radius 1 is 1.08 bits per heavy atom. The number of nitrogens with two attached hydrogens (primary N) is 1. The monoisotopic (exact) mass is 453 g/mol. The molecule has 1 aromatic rings. The SMILES string of the molecule is NC(CSCc1ccccc1)(C(=O)OOC(=O)C(F)(F)F)C(Cl)(Cl)CCl. The molecule has 0 fully saturated rings. The first kappa shape index (κ1) is 23.2. The summed E-state index contributed by atoms with van der Waals surface area (Å²) in [4.78, 5) is 30.1. The van der Waals surface area contributed by atoms with Gasteiger partial charge in [0.05, 0.1) is 5.88 Å². The van der Waals surface area contributed by atoms with Crippen molar-refractivity contribution in [3.05, 3.63) is 35.9 Å². The maximum absolute atomic E-state index is 12.1. The lowest BCUT2D eigenvalue weighted by Gasteiger charge is -2.35. The number of benzene rings is 1. The molecule has 0 radical (unpaired) electrons. The molecule has 1 atom stereocenters. The summed E-state index contributed by atoms with van der Waals surface area (Å²) in [6.07, 6.45) is -5.36. The second-order valence-electron chi connectivity index (χ2n) is 5.03. The highest BCUT2D eigenvalue weighted by molar-refractivity contribution is 7.98. The van der Waals surface area contributed by atoms with E-state index in [2.05, 4.69) is 9.78 Å². The summed E-state index contributed by atoms with van der Waals surface area (Å²) in [6.45, 7) is 0. The highest BCUT2D eigenvalue weighted by atomic mass is 35.5. The van der Waals surface area contributed by atoms with Crippen molar-refractivity contribution in [2.75, 3.05) is 11.6 Å². The highest BCUT2D eigenvalue weighted by Gasteiger charge is 2.55. The molecule has 0 aromatic heterocycles. The van der Waals surface area contributed by atoms with Gasteiger partial charge in [0.15, 0.2) is 9.87 Å². The molecule has 0 aliphatic rings. The van der Waals surface area contributed by atoms with Gasteiger partial charge in [0, 0.05) is 11.5 Å². The summed E-state index contributed by atoms with van der Waals surface area (Å²) in [7, 11) is 0. The van der Waals surface area contributed by atoms with Gasteiger partial charge < -0.3 is 5.73 Å². The van der Waals surface area contributed by atoms with Gasteiger partial charge in [-0.3, -0.25) is 0 Å². The Morgan fingerprint density at radius 3 is 2.12 bits per heavy atom. The minimum atomic E-state index is -5.36. The van der Waals surface area contributed by atoms with E-state index in [-0.39, 0.29) is 5.75 Å². The zero-order chi connectivity index (χ0) is 20.0. The van der Waals surface area contributed by atoms with Gasteiger partial charge in [-0.2, -0.15) is 24.9 Å². The van der Waals surface area contributed by atoms with Crippen LogP contribution in [0.3, 0.4) is 0 Å². The molecule has 0 spiro atoms. The zero-order valence-electron chi connectivity index (χ0n) is 12.9. The van der Waals surface area contributed by atoms with Gasteiger partial charge in [-0.25, -0.2) is 19.4 Å². The number of hydrogen-bond acceptors (Lipinski definition) is 6. The Balaban J connectivity index is 2.82. The van der Waals surface area contributed by atoms with E-state index >= 15 is 0 Å². The van der Waals surface area contributed by atoms with Gasteiger partial charge in [-0.05, 0) is 5.56 Å². The molecule has 0 saturated carbocycles. The zero-order valence-corrected chi connectivity index (χ0v) is 16.0. The Morgan fingerprint density at radius 2 is 1.62 bits per heavy atom. The van der Waals surface area contributed by atoms with Crippen LogP contribution in [-0.4, -0.2) is 39.6 Å². The number of carbonyl (C=O) groups is 2. The molecule has 0 heterocycles. The number of alkyl halides is 6. The topological polar surface area (TPSA) is 78.6 Å². The van der Waals surface area contributed by atoms with Crippen molar-refractivity contribution < 1.29 is 32.5 Å². The first-order chi connectivity index (χ1) is 11.9. The predicted molar refractivity (Wildman–Crippen MR) is 92.9 cm³/mol. The maximum atomic E-state index is 12.1. The van der Waals surface area contributed by atoms with Gasteiger partial charge in [0.1, 0.15) is 0 Å². The lowest BCUT2D eigenvalue weighted by Crippen LogP contribution is -2.64. The standard InChI is InChI=1S/C14H13Cl3F3NO4S/c15-7-13(16,17)12(21,8-26-6-9-4-2-1-3-5-9)10(22)24-25-11(23)14(18,19)20/h1-5H,6-8,21H2. The lowest BCUT2D eigenvalue weighted by molar-refractivity contribution is -0.288. The van der Waals surface area contributed by atoms with Crippen molar-refractivity contribution in [2.24, 2.45) is 5.73 Å². The van der Waals surface area contributed by atoms with E-state index in [1.807, 2.05) is 18.2 Å². The van der Waals surface area contributed by atoms with Crippen LogP contribution < -0.4 is 5.73 Å². The van der Waals surface area contributed by atoms with E-state index in [9.17, 15) is 22.8 Å². The van der Waals surface area contributed by atoms with Crippen molar-refractivity contribution >= 4 is 58.5 Å². The lowest BCUT2D eigenvalue weighted by atomic mass is 9.99. The molecular weight excluding hydrogens is 442 g/mol. The van der Waals surface area contributed by atoms with E-state index in [1.54, 1.807) is 12.1 Å². The fourth-order valence-corrected chi connectivity index (χ4v) is 3.44. The third-order valence-electron chi connectivity index (χ3n) is 3.05. The molecule has 1 unspecified atom stereocenters. The van der Waals surface area contributed by atoms with E-state index < -0.39 is 33.9 Å². The maximum Gasteiger partial charge on any atom is 0.495 e. The van der Waals surface area contributed by atoms with Crippen LogP contribution in [0.25, 0.3) is 0 Å². The van der Waals surface area contributed by atoms with E-state index in [4.69, 9.17) is 40.5 Å². The van der Waals surface area contributed by atoms with Crippen LogP contribution in [0.4, 0.5) is 13.2 Å². The molecule has 0 bridgehead atoms. The van der Waals surface area contributed by atoms with Crippen molar-refractivity contribution in [3.63, 3.8) is 0 Å². The summed E-state index contributed by atoms with van der Waals surface area (Å²) in [6, 6.07) is 9.02. The van der Waals surface area contributed by atoms with E-state index in [0.717, 1.165) is 17.3 Å². The fraction of sp³-hybridized carbons (Fsp3) is 0.429. The van der Waals surface area contributed by atoms with Gasteiger partial charge >= 0.3 is 18.1 Å². The molecule has 2 N–H and O–H groups in total. The van der Waals surface area contributed by atoms with Crippen LogP contribution in [0.1, 0.15) is 5.56 Å². The van der Waals surface area contributed by atoms with E-state index in [1.165, 1.54) is 0 Å². The van der Waals surface area contributed by atoms with Crippen molar-refractivity contribution in [2.45, 2.75) is 21.8 Å². The Labute approximate surface area is 166 Å². The Hall–Kier alpha value is -0.870. The van der Waals surface area contributed by atoms with Crippen molar-refractivity contribution in [1.29, 1.82) is 0 Å². The quantitative estimate of drug-likeness (QED) is 0.385. The molecule has 146 valence electrons. The number of thioether (sulfide) groups is 1. The minimum absolute atomic E-state index is 0.274. The fourth-order valence-electron chi connectivity index (χ4n) is 1.53. The van der Waals surface area contributed by atoms with Gasteiger partial charge in [0.2, 0.25) is 0 Å². The Bertz CT molecular complexity index is 634. The van der Waals surface area contributed by atoms with Crippen LogP contribution in [0, 0.1) is 0 Å². The predicted octanol–water partition coefficient (Wildman–Crippen LogP) is 3.59. The molecule has 0 amide bonds. The molecule has 0 saturated heterocycles. The van der Waals surface area contributed by atoms with Gasteiger partial charge in [0.25, 0.3) is 0 Å².